The van der Waals surface area contributed by atoms with Crippen molar-refractivity contribution < 1.29 is 4.74 Å². The number of methoxy groups -OCH3 is 1. The molecule has 0 amide bonds. The van der Waals surface area contributed by atoms with Crippen molar-refractivity contribution in [2.75, 3.05) is 7.11 Å². The monoisotopic (exact) mass is 257 g/mol. The van der Waals surface area contributed by atoms with E-state index in [2.05, 4.69) is 39.6 Å². The smallest absolute Gasteiger partial charge is 0.0724 e. The molecule has 2 aromatic rings. The van der Waals surface area contributed by atoms with Gasteiger partial charge in [0.05, 0.1) is 18.0 Å². The predicted octanol–water partition coefficient (Wildman–Crippen LogP) is 2.22. The Morgan fingerprint density at radius 3 is 2.68 bits per heavy atom. The van der Waals surface area contributed by atoms with Gasteiger partial charge in [-0.3, -0.25) is 9.97 Å². The summed E-state index contributed by atoms with van der Waals surface area (Å²) in [6.45, 7) is 4.12. The number of nitrogens with zero attached hydrogens (tertiary/aromatic N) is 2. The molecule has 0 aliphatic rings. The third-order valence-corrected chi connectivity index (χ3v) is 2.77. The van der Waals surface area contributed by atoms with Gasteiger partial charge >= 0.3 is 0 Å². The van der Waals surface area contributed by atoms with E-state index in [-0.39, 0.29) is 0 Å². The SMILES string of the molecule is COCc1cccc(CNCc2cnc(C)cn2)c1. The molecule has 0 aliphatic carbocycles. The fraction of sp³-hybridized carbons (Fsp3) is 0.333. The topological polar surface area (TPSA) is 47.0 Å². The molecule has 4 nitrogen and oxygen atoms in total. The van der Waals surface area contributed by atoms with Crippen LogP contribution in [-0.2, 0) is 24.4 Å². The Balaban J connectivity index is 1.85. The number of rotatable bonds is 6. The van der Waals surface area contributed by atoms with Gasteiger partial charge in [-0.15, -0.1) is 0 Å². The minimum atomic E-state index is 0.650. The van der Waals surface area contributed by atoms with Crippen LogP contribution in [0.25, 0.3) is 0 Å². The second-order valence-corrected chi connectivity index (χ2v) is 4.51. The highest BCUT2D eigenvalue weighted by atomic mass is 16.5. The average molecular weight is 257 g/mol. The molecule has 4 heteroatoms. The summed E-state index contributed by atoms with van der Waals surface area (Å²) in [6.07, 6.45) is 3.60. The molecule has 1 N–H and O–H groups in total. The highest BCUT2D eigenvalue weighted by Crippen LogP contribution is 2.06. The Morgan fingerprint density at radius 1 is 1.11 bits per heavy atom. The molecule has 0 aliphatic heterocycles. The van der Waals surface area contributed by atoms with Crippen molar-refractivity contribution in [2.24, 2.45) is 0 Å². The summed E-state index contributed by atoms with van der Waals surface area (Å²) in [5.41, 5.74) is 4.33. The summed E-state index contributed by atoms with van der Waals surface area (Å²) in [6, 6.07) is 8.37. The Hall–Kier alpha value is -1.78. The number of ether oxygens (including phenoxy) is 1. The first-order valence-electron chi connectivity index (χ1n) is 6.33. The fourth-order valence-corrected chi connectivity index (χ4v) is 1.84. The van der Waals surface area contributed by atoms with Gasteiger partial charge in [-0.25, -0.2) is 0 Å². The van der Waals surface area contributed by atoms with E-state index in [1.54, 1.807) is 13.3 Å². The van der Waals surface area contributed by atoms with Crippen LogP contribution >= 0.6 is 0 Å². The van der Waals surface area contributed by atoms with Gasteiger partial charge in [0, 0.05) is 32.6 Å². The van der Waals surface area contributed by atoms with Gasteiger partial charge in [-0.2, -0.15) is 0 Å². The average Bonchev–Trinajstić information content (AvgIpc) is 2.42. The Morgan fingerprint density at radius 2 is 1.95 bits per heavy atom. The maximum Gasteiger partial charge on any atom is 0.0724 e. The molecule has 0 atom stereocenters. The largest absolute Gasteiger partial charge is 0.380 e. The highest BCUT2D eigenvalue weighted by molar-refractivity contribution is 5.22. The predicted molar refractivity (Wildman–Crippen MR) is 74.5 cm³/mol. The summed E-state index contributed by atoms with van der Waals surface area (Å²) in [7, 11) is 1.71. The van der Waals surface area contributed by atoms with Crippen LogP contribution < -0.4 is 5.32 Å². The zero-order valence-electron chi connectivity index (χ0n) is 11.4. The van der Waals surface area contributed by atoms with Crippen molar-refractivity contribution in [1.82, 2.24) is 15.3 Å². The summed E-state index contributed by atoms with van der Waals surface area (Å²) >= 11 is 0. The fourth-order valence-electron chi connectivity index (χ4n) is 1.84. The lowest BCUT2D eigenvalue weighted by Gasteiger charge is -2.06. The van der Waals surface area contributed by atoms with E-state index in [1.807, 2.05) is 13.1 Å². The molecular formula is C15H19N3O. The third kappa shape index (κ3) is 4.43. The van der Waals surface area contributed by atoms with Crippen molar-refractivity contribution >= 4 is 0 Å². The number of hydrogen-bond acceptors (Lipinski definition) is 4. The summed E-state index contributed by atoms with van der Waals surface area (Å²) < 4.78 is 5.13. The van der Waals surface area contributed by atoms with Crippen molar-refractivity contribution in [3.63, 3.8) is 0 Å². The summed E-state index contributed by atoms with van der Waals surface area (Å²) in [5.74, 6) is 0. The molecule has 0 unspecified atom stereocenters. The molecule has 0 fully saturated rings. The molecule has 100 valence electrons. The molecule has 0 saturated carbocycles. The number of aryl methyl sites for hydroxylation is 1. The lowest BCUT2D eigenvalue weighted by Crippen LogP contribution is -2.14. The molecule has 19 heavy (non-hydrogen) atoms. The van der Waals surface area contributed by atoms with Crippen molar-refractivity contribution in [2.45, 2.75) is 26.6 Å². The van der Waals surface area contributed by atoms with E-state index in [0.29, 0.717) is 6.61 Å². The van der Waals surface area contributed by atoms with Crippen LogP contribution in [0, 0.1) is 6.92 Å². The zero-order chi connectivity index (χ0) is 13.5. The second-order valence-electron chi connectivity index (χ2n) is 4.51. The summed E-state index contributed by atoms with van der Waals surface area (Å²) in [5, 5.41) is 3.36. The molecule has 1 aromatic heterocycles. The first-order chi connectivity index (χ1) is 9.28. The Kier molecular flexibility index (Phi) is 5.01. The van der Waals surface area contributed by atoms with Crippen LogP contribution in [0.2, 0.25) is 0 Å². The van der Waals surface area contributed by atoms with Gasteiger partial charge < -0.3 is 10.1 Å². The van der Waals surface area contributed by atoms with Gasteiger partial charge in [-0.1, -0.05) is 24.3 Å². The molecule has 0 saturated heterocycles. The van der Waals surface area contributed by atoms with E-state index in [4.69, 9.17) is 4.74 Å². The maximum absolute atomic E-state index is 5.13. The van der Waals surface area contributed by atoms with Gasteiger partial charge in [0.1, 0.15) is 0 Å². The lowest BCUT2D eigenvalue weighted by molar-refractivity contribution is 0.185. The Bertz CT molecular complexity index is 511. The van der Waals surface area contributed by atoms with Crippen LogP contribution in [0.15, 0.2) is 36.7 Å². The summed E-state index contributed by atoms with van der Waals surface area (Å²) in [4.78, 5) is 8.54. The quantitative estimate of drug-likeness (QED) is 0.862. The van der Waals surface area contributed by atoms with Crippen molar-refractivity contribution in [3.05, 3.63) is 59.2 Å². The van der Waals surface area contributed by atoms with E-state index < -0.39 is 0 Å². The molecule has 0 bridgehead atoms. The molecule has 0 spiro atoms. The lowest BCUT2D eigenvalue weighted by atomic mass is 10.1. The normalized spacial score (nSPS) is 10.6. The molecule has 2 rings (SSSR count). The standard InChI is InChI=1S/C15H19N3O/c1-12-7-18-15(10-17-12)9-16-8-13-4-3-5-14(6-13)11-19-2/h3-7,10,16H,8-9,11H2,1-2H3. The van der Waals surface area contributed by atoms with Gasteiger partial charge in [0.25, 0.3) is 0 Å². The van der Waals surface area contributed by atoms with Gasteiger partial charge in [0.15, 0.2) is 0 Å². The van der Waals surface area contributed by atoms with Gasteiger partial charge in [-0.05, 0) is 18.1 Å². The number of hydrogen-bond donors (Lipinski definition) is 1. The van der Waals surface area contributed by atoms with E-state index >= 15 is 0 Å². The van der Waals surface area contributed by atoms with Crippen molar-refractivity contribution in [3.8, 4) is 0 Å². The molecule has 1 aromatic carbocycles. The molecule has 1 heterocycles. The van der Waals surface area contributed by atoms with E-state index in [9.17, 15) is 0 Å². The first-order valence-corrected chi connectivity index (χ1v) is 6.33. The van der Waals surface area contributed by atoms with Crippen molar-refractivity contribution in [1.29, 1.82) is 0 Å². The number of aromatic nitrogens is 2. The first kappa shape index (κ1) is 13.6. The second kappa shape index (κ2) is 6.97. The molecule has 0 radical (unpaired) electrons. The zero-order valence-corrected chi connectivity index (χ0v) is 11.4. The maximum atomic E-state index is 5.13. The van der Waals surface area contributed by atoms with Crippen LogP contribution in [-0.4, -0.2) is 17.1 Å². The number of benzene rings is 1. The van der Waals surface area contributed by atoms with Crippen LogP contribution in [0.1, 0.15) is 22.5 Å². The minimum Gasteiger partial charge on any atom is -0.380 e. The highest BCUT2D eigenvalue weighted by Gasteiger charge is 1.98. The minimum absolute atomic E-state index is 0.650. The third-order valence-electron chi connectivity index (χ3n) is 2.77. The van der Waals surface area contributed by atoms with Gasteiger partial charge in [0.2, 0.25) is 0 Å². The number of nitrogens with one attached hydrogen (secondary N) is 1. The van der Waals surface area contributed by atoms with Crippen LogP contribution in [0.3, 0.4) is 0 Å². The van der Waals surface area contributed by atoms with E-state index in [1.165, 1.54) is 11.1 Å². The Labute approximate surface area is 113 Å². The van der Waals surface area contributed by atoms with Crippen LogP contribution in [0.5, 0.6) is 0 Å². The van der Waals surface area contributed by atoms with E-state index in [0.717, 1.165) is 24.5 Å². The van der Waals surface area contributed by atoms with Crippen LogP contribution in [0.4, 0.5) is 0 Å². The molecular weight excluding hydrogens is 238 g/mol.